The van der Waals surface area contributed by atoms with Gasteiger partial charge in [-0.1, -0.05) is 18.2 Å². The molecule has 1 atom stereocenters. The van der Waals surface area contributed by atoms with Crippen molar-refractivity contribution in [1.82, 2.24) is 0 Å². The third kappa shape index (κ3) is 3.99. The second-order valence-electron chi connectivity index (χ2n) is 3.11. The number of hydrogen-bond donors (Lipinski definition) is 2. The summed E-state index contributed by atoms with van der Waals surface area (Å²) in [6, 6.07) is 8.97. The van der Waals surface area contributed by atoms with Gasteiger partial charge < -0.3 is 15.8 Å². The molecule has 0 bridgehead atoms. The average molecular weight is 208 g/mol. The van der Waals surface area contributed by atoms with E-state index in [0.29, 0.717) is 13.2 Å². The van der Waals surface area contributed by atoms with E-state index in [9.17, 15) is 4.79 Å². The molecule has 0 spiro atoms. The molecule has 0 aliphatic rings. The van der Waals surface area contributed by atoms with Crippen molar-refractivity contribution < 1.29 is 9.53 Å². The Morgan fingerprint density at radius 3 is 2.73 bits per heavy atom. The maximum absolute atomic E-state index is 11.2. The number of carbonyl (C=O) groups is 1. The molecular weight excluding hydrogens is 192 g/mol. The second kappa shape index (κ2) is 6.03. The molecule has 0 aromatic heterocycles. The lowest BCUT2D eigenvalue weighted by Gasteiger charge is -2.12. The molecule has 0 saturated carbocycles. The average Bonchev–Trinajstić information content (AvgIpc) is 2.27. The van der Waals surface area contributed by atoms with Crippen LogP contribution in [0, 0.1) is 0 Å². The van der Waals surface area contributed by atoms with Crippen LogP contribution in [0.2, 0.25) is 0 Å². The van der Waals surface area contributed by atoms with Gasteiger partial charge >= 0.3 is 5.97 Å². The fourth-order valence-corrected chi connectivity index (χ4v) is 1.12. The van der Waals surface area contributed by atoms with Crippen LogP contribution < -0.4 is 11.1 Å². The maximum Gasteiger partial charge on any atom is 0.324 e. The molecule has 0 amide bonds. The summed E-state index contributed by atoms with van der Waals surface area (Å²) in [5.74, 6) is -0.374. The summed E-state index contributed by atoms with van der Waals surface area (Å²) in [5.41, 5.74) is 6.56. The quantitative estimate of drug-likeness (QED) is 0.708. The summed E-state index contributed by atoms with van der Waals surface area (Å²) in [5, 5.41) is 3.06. The van der Waals surface area contributed by atoms with Crippen molar-refractivity contribution in [3.8, 4) is 0 Å². The van der Waals surface area contributed by atoms with E-state index in [4.69, 9.17) is 10.5 Å². The Kier molecular flexibility index (Phi) is 4.63. The summed E-state index contributed by atoms with van der Waals surface area (Å²) in [7, 11) is 0. The van der Waals surface area contributed by atoms with E-state index in [2.05, 4.69) is 5.32 Å². The summed E-state index contributed by atoms with van der Waals surface area (Å²) in [4.78, 5) is 11.2. The van der Waals surface area contributed by atoms with E-state index in [-0.39, 0.29) is 5.97 Å². The van der Waals surface area contributed by atoms with Crippen molar-refractivity contribution in [2.24, 2.45) is 5.73 Å². The zero-order valence-electron chi connectivity index (χ0n) is 8.77. The zero-order valence-corrected chi connectivity index (χ0v) is 8.77. The standard InChI is InChI=1S/C11H16N2O2/c1-2-15-11(14)10(12)8-13-9-6-4-3-5-7-9/h3-7,10,13H,2,8,12H2,1H3/t10-/m0/s1. The van der Waals surface area contributed by atoms with Gasteiger partial charge in [0, 0.05) is 12.2 Å². The van der Waals surface area contributed by atoms with Gasteiger partial charge in [-0.3, -0.25) is 4.79 Å². The zero-order chi connectivity index (χ0) is 11.1. The molecule has 1 rings (SSSR count). The molecule has 1 aromatic carbocycles. The third-order valence-corrected chi connectivity index (χ3v) is 1.89. The summed E-state index contributed by atoms with van der Waals surface area (Å²) >= 11 is 0. The van der Waals surface area contributed by atoms with Gasteiger partial charge in [-0.15, -0.1) is 0 Å². The molecule has 3 N–H and O–H groups in total. The van der Waals surface area contributed by atoms with Crippen LogP contribution in [0.25, 0.3) is 0 Å². The number of nitrogens with two attached hydrogens (primary N) is 1. The molecule has 0 heterocycles. The Labute approximate surface area is 89.4 Å². The van der Waals surface area contributed by atoms with E-state index in [1.807, 2.05) is 30.3 Å². The number of benzene rings is 1. The topological polar surface area (TPSA) is 64.3 Å². The predicted octanol–water partition coefficient (Wildman–Crippen LogP) is 0.989. The predicted molar refractivity (Wildman–Crippen MR) is 59.5 cm³/mol. The molecule has 0 aliphatic heterocycles. The smallest absolute Gasteiger partial charge is 0.324 e. The lowest BCUT2D eigenvalue weighted by Crippen LogP contribution is -2.38. The number of hydrogen-bond acceptors (Lipinski definition) is 4. The molecular formula is C11H16N2O2. The molecule has 1 aromatic rings. The van der Waals surface area contributed by atoms with Crippen LogP contribution >= 0.6 is 0 Å². The number of esters is 1. The van der Waals surface area contributed by atoms with Gasteiger partial charge in [0.2, 0.25) is 0 Å². The number of carbonyl (C=O) groups excluding carboxylic acids is 1. The number of rotatable bonds is 5. The Morgan fingerprint density at radius 1 is 1.47 bits per heavy atom. The van der Waals surface area contributed by atoms with Crippen molar-refractivity contribution in [2.45, 2.75) is 13.0 Å². The van der Waals surface area contributed by atoms with Gasteiger partial charge in [-0.25, -0.2) is 0 Å². The Morgan fingerprint density at radius 2 is 2.13 bits per heavy atom. The van der Waals surface area contributed by atoms with Crippen LogP contribution in [0.5, 0.6) is 0 Å². The number of ether oxygens (including phenoxy) is 1. The van der Waals surface area contributed by atoms with E-state index < -0.39 is 6.04 Å². The maximum atomic E-state index is 11.2. The summed E-state index contributed by atoms with van der Waals surface area (Å²) in [6.45, 7) is 2.50. The first-order valence-corrected chi connectivity index (χ1v) is 4.95. The lowest BCUT2D eigenvalue weighted by molar-refractivity contribution is -0.144. The van der Waals surface area contributed by atoms with Crippen molar-refractivity contribution >= 4 is 11.7 Å². The normalized spacial score (nSPS) is 11.9. The van der Waals surface area contributed by atoms with Crippen molar-refractivity contribution in [1.29, 1.82) is 0 Å². The van der Waals surface area contributed by atoms with Gasteiger partial charge in [-0.05, 0) is 19.1 Å². The molecule has 82 valence electrons. The molecule has 0 aliphatic carbocycles. The third-order valence-electron chi connectivity index (χ3n) is 1.89. The van der Waals surface area contributed by atoms with Crippen LogP contribution in [0.15, 0.2) is 30.3 Å². The van der Waals surface area contributed by atoms with Crippen LogP contribution in [0.3, 0.4) is 0 Å². The van der Waals surface area contributed by atoms with E-state index >= 15 is 0 Å². The van der Waals surface area contributed by atoms with Crippen molar-refractivity contribution in [3.05, 3.63) is 30.3 Å². The van der Waals surface area contributed by atoms with E-state index in [1.165, 1.54) is 0 Å². The van der Waals surface area contributed by atoms with Crippen LogP contribution in [0.1, 0.15) is 6.92 Å². The number of nitrogens with one attached hydrogen (secondary N) is 1. The highest BCUT2D eigenvalue weighted by Gasteiger charge is 2.13. The van der Waals surface area contributed by atoms with E-state index in [1.54, 1.807) is 6.92 Å². The molecule has 4 nitrogen and oxygen atoms in total. The highest BCUT2D eigenvalue weighted by atomic mass is 16.5. The first kappa shape index (κ1) is 11.5. The Bertz CT molecular complexity index is 301. The molecule has 0 fully saturated rings. The minimum absolute atomic E-state index is 0.359. The van der Waals surface area contributed by atoms with Gasteiger partial charge in [0.1, 0.15) is 6.04 Å². The minimum atomic E-state index is -0.620. The highest BCUT2D eigenvalue weighted by molar-refractivity contribution is 5.76. The summed E-state index contributed by atoms with van der Waals surface area (Å²) < 4.78 is 4.79. The number of para-hydroxylation sites is 1. The van der Waals surface area contributed by atoms with Gasteiger partial charge in [-0.2, -0.15) is 0 Å². The van der Waals surface area contributed by atoms with E-state index in [0.717, 1.165) is 5.69 Å². The molecule has 0 saturated heterocycles. The van der Waals surface area contributed by atoms with Gasteiger partial charge in [0.15, 0.2) is 0 Å². The largest absolute Gasteiger partial charge is 0.465 e. The lowest BCUT2D eigenvalue weighted by atomic mass is 10.3. The SMILES string of the molecule is CCOC(=O)[C@@H](N)CNc1ccccc1. The van der Waals surface area contributed by atoms with Crippen LogP contribution in [0.4, 0.5) is 5.69 Å². The fraction of sp³-hybridized carbons (Fsp3) is 0.364. The monoisotopic (exact) mass is 208 g/mol. The second-order valence-corrected chi connectivity index (χ2v) is 3.11. The Balaban J connectivity index is 2.34. The van der Waals surface area contributed by atoms with Gasteiger partial charge in [0.05, 0.1) is 6.61 Å². The molecule has 0 unspecified atom stereocenters. The first-order valence-electron chi connectivity index (χ1n) is 4.95. The minimum Gasteiger partial charge on any atom is -0.465 e. The molecule has 0 radical (unpaired) electrons. The summed E-state index contributed by atoms with van der Waals surface area (Å²) in [6.07, 6.45) is 0. The Hall–Kier alpha value is -1.55. The molecule has 4 heteroatoms. The molecule has 15 heavy (non-hydrogen) atoms. The first-order chi connectivity index (χ1) is 7.24. The van der Waals surface area contributed by atoms with Crippen LogP contribution in [-0.4, -0.2) is 25.2 Å². The van der Waals surface area contributed by atoms with Crippen molar-refractivity contribution in [3.63, 3.8) is 0 Å². The fourth-order valence-electron chi connectivity index (χ4n) is 1.12. The van der Waals surface area contributed by atoms with Crippen LogP contribution in [-0.2, 0) is 9.53 Å². The number of anilines is 1. The highest BCUT2D eigenvalue weighted by Crippen LogP contribution is 2.04. The van der Waals surface area contributed by atoms with Gasteiger partial charge in [0.25, 0.3) is 0 Å². The van der Waals surface area contributed by atoms with Crippen molar-refractivity contribution in [2.75, 3.05) is 18.5 Å².